The van der Waals surface area contributed by atoms with Gasteiger partial charge in [-0.2, -0.15) is 10.1 Å². The van der Waals surface area contributed by atoms with Crippen LogP contribution in [0.25, 0.3) is 39.8 Å². The lowest BCUT2D eigenvalue weighted by atomic mass is 10.1. The molecule has 144 valence electrons. The van der Waals surface area contributed by atoms with Crippen LogP contribution in [0, 0.1) is 6.92 Å². The van der Waals surface area contributed by atoms with Crippen molar-refractivity contribution in [1.82, 2.24) is 24.7 Å². The number of pyridine rings is 1. The molecule has 0 aliphatic heterocycles. The third kappa shape index (κ3) is 2.89. The molecule has 1 N–H and O–H groups in total. The van der Waals surface area contributed by atoms with E-state index in [1.165, 1.54) is 4.40 Å². The van der Waals surface area contributed by atoms with Crippen molar-refractivity contribution in [3.63, 3.8) is 0 Å². The van der Waals surface area contributed by atoms with Crippen LogP contribution in [0.2, 0.25) is 0 Å². The van der Waals surface area contributed by atoms with Crippen molar-refractivity contribution < 1.29 is 13.7 Å². The van der Waals surface area contributed by atoms with Crippen molar-refractivity contribution in [3.05, 3.63) is 64.9 Å². The number of aromatic amines is 1. The highest BCUT2D eigenvalue weighted by Gasteiger charge is 2.18. The summed E-state index contributed by atoms with van der Waals surface area (Å²) < 4.78 is 17.9. The molecule has 5 aromatic rings. The number of nitrogens with zero attached hydrogens (tertiary/aromatic N) is 4. The molecule has 4 aromatic heterocycles. The normalized spacial score (nSPS) is 11.2. The molecule has 0 aliphatic carbocycles. The first-order valence-electron chi connectivity index (χ1n) is 8.78. The molecule has 4 heterocycles. The monoisotopic (exact) mass is 389 g/mol. The van der Waals surface area contributed by atoms with E-state index in [0.717, 1.165) is 11.3 Å². The second kappa shape index (κ2) is 6.48. The van der Waals surface area contributed by atoms with Crippen molar-refractivity contribution in [3.8, 4) is 39.9 Å². The van der Waals surface area contributed by atoms with Crippen LogP contribution in [-0.4, -0.2) is 31.8 Å². The highest BCUT2D eigenvalue weighted by Crippen LogP contribution is 2.33. The van der Waals surface area contributed by atoms with Crippen LogP contribution in [0.3, 0.4) is 0 Å². The molecule has 0 aliphatic rings. The Labute approximate surface area is 163 Å². The van der Waals surface area contributed by atoms with Crippen molar-refractivity contribution in [2.24, 2.45) is 0 Å². The van der Waals surface area contributed by atoms with Gasteiger partial charge in [0.15, 0.2) is 5.65 Å². The van der Waals surface area contributed by atoms with E-state index < -0.39 is 0 Å². The highest BCUT2D eigenvalue weighted by atomic mass is 16.5. The van der Waals surface area contributed by atoms with Crippen molar-refractivity contribution in [2.45, 2.75) is 6.92 Å². The predicted octanol–water partition coefficient (Wildman–Crippen LogP) is 3.32. The SMILES string of the molecule is COc1ccc(-c2cc(-c3nc(-c4ccc5n[nH]c(=O)n5c4)no3)c(C)o2)cc1. The van der Waals surface area contributed by atoms with Crippen LogP contribution in [0.15, 0.2) is 62.4 Å². The summed E-state index contributed by atoms with van der Waals surface area (Å²) in [5.74, 6) is 2.81. The Kier molecular flexibility index (Phi) is 3.80. The standard InChI is InChI=1S/C20H15N5O4/c1-11-15(9-16(28-11)12-3-6-14(27-2)7-4-12)19-21-18(24-29-19)13-5-8-17-22-23-20(26)25(17)10-13/h3-10H,1-2H3,(H,23,26). The molecular formula is C20H15N5O4. The lowest BCUT2D eigenvalue weighted by Gasteiger charge is -2.00. The van der Waals surface area contributed by atoms with Gasteiger partial charge in [0.05, 0.1) is 12.7 Å². The number of hydrogen-bond donors (Lipinski definition) is 1. The van der Waals surface area contributed by atoms with Gasteiger partial charge in [-0.15, -0.1) is 0 Å². The first kappa shape index (κ1) is 17.0. The molecule has 0 fully saturated rings. The summed E-state index contributed by atoms with van der Waals surface area (Å²) in [5, 5.41) is 10.3. The van der Waals surface area contributed by atoms with E-state index >= 15 is 0 Å². The van der Waals surface area contributed by atoms with Crippen molar-refractivity contribution in [1.29, 1.82) is 0 Å². The number of nitrogens with one attached hydrogen (secondary N) is 1. The van der Waals surface area contributed by atoms with E-state index in [4.69, 9.17) is 13.7 Å². The third-order valence-corrected chi connectivity index (χ3v) is 4.62. The Bertz CT molecular complexity index is 1370. The van der Waals surface area contributed by atoms with Crippen LogP contribution >= 0.6 is 0 Å². The zero-order chi connectivity index (χ0) is 20.0. The van der Waals surface area contributed by atoms with Crippen molar-refractivity contribution >= 4 is 5.65 Å². The predicted molar refractivity (Wildman–Crippen MR) is 104 cm³/mol. The highest BCUT2D eigenvalue weighted by molar-refractivity contribution is 5.69. The van der Waals surface area contributed by atoms with Crippen LogP contribution in [0.1, 0.15) is 5.76 Å². The molecule has 1 aromatic carbocycles. The molecule has 9 heteroatoms. The summed E-state index contributed by atoms with van der Waals surface area (Å²) in [6.45, 7) is 1.84. The minimum atomic E-state index is -0.333. The molecule has 29 heavy (non-hydrogen) atoms. The van der Waals surface area contributed by atoms with Crippen LogP contribution in [0.4, 0.5) is 0 Å². The van der Waals surface area contributed by atoms with Gasteiger partial charge >= 0.3 is 5.69 Å². The molecule has 0 amide bonds. The molecule has 0 spiro atoms. The van der Waals surface area contributed by atoms with E-state index in [1.807, 2.05) is 37.3 Å². The maximum absolute atomic E-state index is 11.8. The van der Waals surface area contributed by atoms with E-state index in [9.17, 15) is 4.79 Å². The van der Waals surface area contributed by atoms with Gasteiger partial charge in [0.1, 0.15) is 17.3 Å². The van der Waals surface area contributed by atoms with Crippen molar-refractivity contribution in [2.75, 3.05) is 7.11 Å². The Morgan fingerprint density at radius 2 is 1.90 bits per heavy atom. The summed E-state index contributed by atoms with van der Waals surface area (Å²) in [5.41, 5.74) is 2.42. The summed E-state index contributed by atoms with van der Waals surface area (Å²) in [4.78, 5) is 16.2. The largest absolute Gasteiger partial charge is 0.497 e. The smallest absolute Gasteiger partial charge is 0.347 e. The maximum atomic E-state index is 11.8. The van der Waals surface area contributed by atoms with Gasteiger partial charge in [0.25, 0.3) is 5.89 Å². The minimum absolute atomic E-state index is 0.333. The fraction of sp³-hybridized carbons (Fsp3) is 0.100. The summed E-state index contributed by atoms with van der Waals surface area (Å²) in [6, 6.07) is 12.9. The van der Waals surface area contributed by atoms with Gasteiger partial charge < -0.3 is 13.7 Å². The molecule has 0 unspecified atom stereocenters. The Hall–Kier alpha value is -4.14. The van der Waals surface area contributed by atoms with E-state index in [0.29, 0.717) is 40.0 Å². The van der Waals surface area contributed by atoms with Gasteiger partial charge in [0, 0.05) is 17.3 Å². The van der Waals surface area contributed by atoms with Crippen LogP contribution in [-0.2, 0) is 0 Å². The number of fused-ring (bicyclic) bond motifs is 1. The molecule has 0 saturated heterocycles. The minimum Gasteiger partial charge on any atom is -0.497 e. The van der Waals surface area contributed by atoms with Gasteiger partial charge in [-0.25, -0.2) is 14.3 Å². The zero-order valence-electron chi connectivity index (χ0n) is 15.5. The van der Waals surface area contributed by atoms with Gasteiger partial charge in [0.2, 0.25) is 5.82 Å². The number of benzene rings is 1. The summed E-state index contributed by atoms with van der Waals surface area (Å²) in [6.07, 6.45) is 1.61. The molecule has 0 radical (unpaired) electrons. The number of rotatable bonds is 4. The number of hydrogen-bond acceptors (Lipinski definition) is 7. The fourth-order valence-corrected chi connectivity index (χ4v) is 3.08. The van der Waals surface area contributed by atoms with Gasteiger partial charge in [-0.3, -0.25) is 0 Å². The molecular weight excluding hydrogens is 374 g/mol. The van der Waals surface area contributed by atoms with Gasteiger partial charge in [-0.1, -0.05) is 5.16 Å². The first-order chi connectivity index (χ1) is 14.1. The van der Waals surface area contributed by atoms with E-state index in [2.05, 4.69) is 20.3 Å². The Morgan fingerprint density at radius 3 is 2.69 bits per heavy atom. The molecule has 9 nitrogen and oxygen atoms in total. The maximum Gasteiger partial charge on any atom is 0.347 e. The van der Waals surface area contributed by atoms with Gasteiger partial charge in [-0.05, 0) is 49.4 Å². The number of methoxy groups -OCH3 is 1. The topological polar surface area (TPSA) is 111 Å². The number of ether oxygens (including phenoxy) is 1. The lowest BCUT2D eigenvalue weighted by Crippen LogP contribution is -2.08. The van der Waals surface area contributed by atoms with E-state index in [1.54, 1.807) is 25.4 Å². The summed E-state index contributed by atoms with van der Waals surface area (Å²) in [7, 11) is 1.62. The number of aromatic nitrogens is 5. The molecule has 0 bridgehead atoms. The van der Waals surface area contributed by atoms with E-state index in [-0.39, 0.29) is 5.69 Å². The number of H-pyrrole nitrogens is 1. The second-order valence-electron chi connectivity index (χ2n) is 6.41. The average molecular weight is 389 g/mol. The third-order valence-electron chi connectivity index (χ3n) is 4.62. The Morgan fingerprint density at radius 1 is 1.10 bits per heavy atom. The first-order valence-corrected chi connectivity index (χ1v) is 8.78. The lowest BCUT2D eigenvalue weighted by molar-refractivity contribution is 0.415. The average Bonchev–Trinajstić information content (AvgIpc) is 3.47. The zero-order valence-corrected chi connectivity index (χ0v) is 15.5. The molecule has 0 saturated carbocycles. The quantitative estimate of drug-likeness (QED) is 0.502. The second-order valence-corrected chi connectivity index (χ2v) is 6.41. The van der Waals surface area contributed by atoms with Crippen LogP contribution in [0.5, 0.6) is 5.75 Å². The Balaban J connectivity index is 1.50. The number of furan rings is 1. The fourth-order valence-electron chi connectivity index (χ4n) is 3.08. The van der Waals surface area contributed by atoms with Crippen LogP contribution < -0.4 is 10.4 Å². The molecule has 0 atom stereocenters. The summed E-state index contributed by atoms with van der Waals surface area (Å²) >= 11 is 0. The molecule has 5 rings (SSSR count). The number of aryl methyl sites for hydroxylation is 1.